The highest BCUT2D eigenvalue weighted by Crippen LogP contribution is 2.52. The number of nitrogens with one attached hydrogen (secondary N) is 1. The van der Waals surface area contributed by atoms with E-state index in [-0.39, 0.29) is 47.8 Å². The molecule has 3 aliphatic carbocycles. The van der Waals surface area contributed by atoms with Gasteiger partial charge < -0.3 is 19.3 Å². The molecule has 11 nitrogen and oxygen atoms in total. The molecular weight excluding hydrogens is 715 g/mol. The van der Waals surface area contributed by atoms with Crippen molar-refractivity contribution in [3.63, 3.8) is 0 Å². The summed E-state index contributed by atoms with van der Waals surface area (Å²) in [6.45, 7) is 9.16. The number of nitrogens with zero attached hydrogens (tertiary/aromatic N) is 4. The average molecular weight is 770 g/mol. The van der Waals surface area contributed by atoms with Crippen LogP contribution >= 0.6 is 0 Å². The quantitative estimate of drug-likeness (QED) is 0.303. The van der Waals surface area contributed by atoms with Gasteiger partial charge in [-0.3, -0.25) is 14.3 Å². The van der Waals surface area contributed by atoms with Gasteiger partial charge in [0.2, 0.25) is 10.0 Å². The van der Waals surface area contributed by atoms with E-state index in [1.807, 2.05) is 50.8 Å². The number of methoxy groups -OCH3 is 1. The molecule has 4 heterocycles. The maximum absolute atomic E-state index is 14.6. The molecule has 3 fully saturated rings. The topological polar surface area (TPSA) is 123 Å². The molecule has 2 aromatic rings. The molecule has 2 amide bonds. The van der Waals surface area contributed by atoms with Crippen LogP contribution in [-0.4, -0.2) is 90.6 Å². The number of carbonyl (C=O) groups is 2. The van der Waals surface area contributed by atoms with Crippen molar-refractivity contribution in [3.8, 4) is 5.75 Å². The second kappa shape index (κ2) is 15.1. The predicted molar refractivity (Wildman–Crippen MR) is 213 cm³/mol. The van der Waals surface area contributed by atoms with E-state index in [1.54, 1.807) is 13.3 Å². The standard InChI is InChI=1S/C43H55N5O6S/c1-26(2)25-55(51,52)45-42(49)30-14-16-36-38(20-30)47-24-32(18-31-19-34(53-5)15-17-35(31)41(47)39(36)29-10-7-6-8-11-29)40-37(21-44-48(40)33-12-9-13-33)43(50)46-22-27(3)54-28(4)23-46/h14-21,26-29,33,36,38H,6-13,22-25H2,1-5H3,(H,45,49)/t27-,28+,36?,38?. The second-order valence-electron chi connectivity index (χ2n) is 16.9. The summed E-state index contributed by atoms with van der Waals surface area (Å²) in [6, 6.07) is 6.23. The number of carbonyl (C=O) groups excluding carboxylic acids is 2. The van der Waals surface area contributed by atoms with E-state index >= 15 is 0 Å². The van der Waals surface area contributed by atoms with Crippen LogP contribution in [-0.2, 0) is 19.6 Å². The zero-order valence-corrected chi connectivity index (χ0v) is 33.6. The molecule has 1 aromatic heterocycles. The monoisotopic (exact) mass is 769 g/mol. The average Bonchev–Trinajstić information content (AvgIpc) is 3.63. The van der Waals surface area contributed by atoms with Gasteiger partial charge in [-0.05, 0) is 105 Å². The molecule has 0 radical (unpaired) electrons. The Kier molecular flexibility index (Phi) is 10.3. The predicted octanol–water partition coefficient (Wildman–Crippen LogP) is 6.61. The van der Waals surface area contributed by atoms with Crippen molar-refractivity contribution in [1.29, 1.82) is 0 Å². The normalized spacial score (nSPS) is 25.8. The molecule has 2 unspecified atom stereocenters. The van der Waals surface area contributed by atoms with Crippen molar-refractivity contribution in [3.05, 3.63) is 76.2 Å². The first-order valence-corrected chi connectivity index (χ1v) is 21.9. The first kappa shape index (κ1) is 37.7. The fourth-order valence-electron chi connectivity index (χ4n) is 9.74. The maximum atomic E-state index is 14.6. The van der Waals surface area contributed by atoms with Gasteiger partial charge in [0, 0.05) is 42.4 Å². The van der Waals surface area contributed by atoms with Crippen molar-refractivity contribution in [2.24, 2.45) is 17.8 Å². The van der Waals surface area contributed by atoms with Gasteiger partial charge in [0.1, 0.15) is 5.75 Å². The molecule has 2 saturated carbocycles. The summed E-state index contributed by atoms with van der Waals surface area (Å²) in [6.07, 6.45) is 18.6. The van der Waals surface area contributed by atoms with Gasteiger partial charge >= 0.3 is 0 Å². The molecule has 6 aliphatic rings. The minimum absolute atomic E-state index is 0.00481. The third-order valence-corrected chi connectivity index (χ3v) is 13.8. The van der Waals surface area contributed by atoms with Gasteiger partial charge in [-0.2, -0.15) is 5.10 Å². The first-order chi connectivity index (χ1) is 26.4. The Bertz CT molecular complexity index is 2080. The van der Waals surface area contributed by atoms with Gasteiger partial charge in [-0.25, -0.2) is 13.1 Å². The summed E-state index contributed by atoms with van der Waals surface area (Å²) in [4.78, 5) is 32.6. The van der Waals surface area contributed by atoms with Crippen molar-refractivity contribution < 1.29 is 27.5 Å². The highest BCUT2D eigenvalue weighted by molar-refractivity contribution is 7.90. The van der Waals surface area contributed by atoms with Crippen LogP contribution in [0.3, 0.4) is 0 Å². The molecule has 12 heteroatoms. The van der Waals surface area contributed by atoms with Crippen molar-refractivity contribution in [2.75, 3.05) is 32.5 Å². The van der Waals surface area contributed by atoms with Crippen molar-refractivity contribution in [1.82, 2.24) is 24.3 Å². The Hall–Kier alpha value is -4.16. The Balaban J connectivity index is 1.27. The van der Waals surface area contributed by atoms with Gasteiger partial charge in [-0.1, -0.05) is 45.3 Å². The van der Waals surface area contributed by atoms with Gasteiger partial charge in [0.15, 0.2) is 0 Å². The summed E-state index contributed by atoms with van der Waals surface area (Å²) in [7, 11) is -2.12. The first-order valence-electron chi connectivity index (χ1n) is 20.3. The number of rotatable bonds is 9. The molecule has 1 N–H and O–H groups in total. The smallest absolute Gasteiger partial charge is 0.264 e. The number of aromatic nitrogens is 2. The molecule has 0 spiro atoms. The second-order valence-corrected chi connectivity index (χ2v) is 18.7. The summed E-state index contributed by atoms with van der Waals surface area (Å²) in [5, 5.41) is 4.94. The van der Waals surface area contributed by atoms with E-state index in [4.69, 9.17) is 14.6 Å². The third kappa shape index (κ3) is 7.32. The summed E-state index contributed by atoms with van der Waals surface area (Å²) in [5.41, 5.74) is 7.40. The maximum Gasteiger partial charge on any atom is 0.264 e. The Labute approximate surface area is 325 Å². The van der Waals surface area contributed by atoms with E-state index in [2.05, 4.69) is 38.6 Å². The minimum atomic E-state index is -3.81. The van der Waals surface area contributed by atoms with Crippen molar-refractivity contribution in [2.45, 2.75) is 103 Å². The largest absolute Gasteiger partial charge is 0.497 e. The summed E-state index contributed by atoms with van der Waals surface area (Å²) >= 11 is 0. The fraction of sp³-hybridized carbons (Fsp3) is 0.558. The van der Waals surface area contributed by atoms with Crippen LogP contribution in [0.1, 0.15) is 112 Å². The van der Waals surface area contributed by atoms with E-state index < -0.39 is 15.9 Å². The molecule has 3 aliphatic heterocycles. The van der Waals surface area contributed by atoms with Crippen LogP contribution in [0.2, 0.25) is 0 Å². The van der Waals surface area contributed by atoms with E-state index in [9.17, 15) is 18.0 Å². The molecule has 1 saturated heterocycles. The molecule has 8 rings (SSSR count). The van der Waals surface area contributed by atoms with E-state index in [1.165, 1.54) is 30.5 Å². The number of fused-ring (bicyclic) bond motifs is 5. The highest BCUT2D eigenvalue weighted by atomic mass is 32.2. The fourth-order valence-corrected chi connectivity index (χ4v) is 11.1. The van der Waals surface area contributed by atoms with Crippen LogP contribution in [0.5, 0.6) is 5.75 Å². The number of hydrogen-bond donors (Lipinski definition) is 1. The number of sulfonamides is 1. The molecular formula is C43H55N5O6S. The number of ether oxygens (including phenoxy) is 2. The van der Waals surface area contributed by atoms with Crippen LogP contribution in [0.4, 0.5) is 0 Å². The Morgan fingerprint density at radius 3 is 2.45 bits per heavy atom. The summed E-state index contributed by atoms with van der Waals surface area (Å²) < 4.78 is 42.0. The number of benzene rings is 1. The molecule has 0 bridgehead atoms. The molecule has 4 atom stereocenters. The third-order valence-electron chi connectivity index (χ3n) is 12.2. The summed E-state index contributed by atoms with van der Waals surface area (Å²) in [5.74, 6) is 0.233. The van der Waals surface area contributed by atoms with Crippen LogP contribution in [0.25, 0.3) is 17.3 Å². The van der Waals surface area contributed by atoms with Crippen LogP contribution in [0.15, 0.2) is 53.8 Å². The number of hydrogen-bond acceptors (Lipinski definition) is 8. The lowest BCUT2D eigenvalue weighted by atomic mass is 9.75. The van der Waals surface area contributed by atoms with Gasteiger partial charge in [0.05, 0.1) is 54.6 Å². The highest BCUT2D eigenvalue weighted by Gasteiger charge is 2.46. The van der Waals surface area contributed by atoms with Crippen LogP contribution < -0.4 is 9.46 Å². The van der Waals surface area contributed by atoms with E-state index in [0.717, 1.165) is 60.2 Å². The minimum Gasteiger partial charge on any atom is -0.497 e. The SMILES string of the molecule is COc1ccc2c(c1)C=C(c1c(C(=O)N3C[C@@H](C)O[C@@H](C)C3)cnn1C1CCC1)CN1C2=C(C2CCCCC2)C2C=CC(C(=O)NS(=O)(=O)CC(C)C)=CC21. The zero-order valence-electron chi connectivity index (χ0n) is 32.8. The lowest BCUT2D eigenvalue weighted by molar-refractivity contribution is -0.115. The van der Waals surface area contributed by atoms with Crippen LogP contribution in [0, 0.1) is 17.8 Å². The Morgan fingerprint density at radius 2 is 1.78 bits per heavy atom. The van der Waals surface area contributed by atoms with Gasteiger partial charge in [0.25, 0.3) is 11.8 Å². The van der Waals surface area contributed by atoms with E-state index in [0.29, 0.717) is 36.7 Å². The zero-order chi connectivity index (χ0) is 38.6. The Morgan fingerprint density at radius 1 is 1.04 bits per heavy atom. The number of morpholine rings is 1. The number of amides is 2. The molecule has 1 aromatic carbocycles. The lowest BCUT2D eigenvalue weighted by Gasteiger charge is -2.36. The van der Waals surface area contributed by atoms with Gasteiger partial charge in [-0.15, -0.1) is 0 Å². The molecule has 294 valence electrons. The van der Waals surface area contributed by atoms with Crippen molar-refractivity contribution >= 4 is 39.2 Å². The molecule has 55 heavy (non-hydrogen) atoms. The lowest BCUT2D eigenvalue weighted by Crippen LogP contribution is -2.48.